The van der Waals surface area contributed by atoms with E-state index in [9.17, 15) is 13.2 Å². The van der Waals surface area contributed by atoms with Crippen LogP contribution in [-0.2, 0) is 17.8 Å². The fraction of sp³-hybridized carbons (Fsp3) is 0.294. The van der Waals surface area contributed by atoms with Gasteiger partial charge in [0.2, 0.25) is 5.89 Å². The topological polar surface area (TPSA) is 101 Å². The van der Waals surface area contributed by atoms with E-state index >= 15 is 0 Å². The zero-order chi connectivity index (χ0) is 20.3. The molecule has 3 aromatic heterocycles. The van der Waals surface area contributed by atoms with Crippen molar-refractivity contribution >= 4 is 17.3 Å². The number of aromatic nitrogens is 3. The van der Waals surface area contributed by atoms with Gasteiger partial charge in [0.25, 0.3) is 5.89 Å². The van der Waals surface area contributed by atoms with Gasteiger partial charge in [0, 0.05) is 41.5 Å². The number of hydrogen-bond acceptors (Lipinski definition) is 7. The van der Waals surface area contributed by atoms with Crippen LogP contribution in [0.25, 0.3) is 22.0 Å². The molecule has 1 aliphatic heterocycles. The van der Waals surface area contributed by atoms with Crippen LogP contribution >= 0.6 is 11.3 Å². The van der Waals surface area contributed by atoms with E-state index in [0.29, 0.717) is 17.5 Å². The molecule has 0 saturated heterocycles. The second-order valence-electron chi connectivity index (χ2n) is 5.85. The van der Waals surface area contributed by atoms with Gasteiger partial charge in [-0.15, -0.1) is 21.5 Å². The van der Waals surface area contributed by atoms with Gasteiger partial charge in [-0.2, -0.15) is 13.2 Å². The SMILES string of the molecule is Cc1nnc(-c2ccc(-c3cc4c(s3)CCNC4)cn2)o1.O=C(O)C(F)(F)F. The molecule has 0 aromatic carbocycles. The highest BCUT2D eigenvalue weighted by molar-refractivity contribution is 7.15. The Morgan fingerprint density at radius 2 is 2.07 bits per heavy atom. The lowest BCUT2D eigenvalue weighted by Crippen LogP contribution is -2.21. The number of alkyl halides is 3. The first kappa shape index (κ1) is 20.0. The zero-order valence-electron chi connectivity index (χ0n) is 14.6. The summed E-state index contributed by atoms with van der Waals surface area (Å²) in [7, 11) is 0. The normalized spacial score (nSPS) is 13.4. The highest BCUT2D eigenvalue weighted by Crippen LogP contribution is 2.33. The Hall–Kier alpha value is -2.79. The third-order valence-corrected chi connectivity index (χ3v) is 5.06. The number of halogens is 3. The van der Waals surface area contributed by atoms with Crippen molar-refractivity contribution in [3.63, 3.8) is 0 Å². The monoisotopic (exact) mass is 412 g/mol. The van der Waals surface area contributed by atoms with Crippen molar-refractivity contribution in [2.24, 2.45) is 0 Å². The molecule has 0 fully saturated rings. The van der Waals surface area contributed by atoms with E-state index in [0.717, 1.165) is 25.1 Å². The van der Waals surface area contributed by atoms with Crippen LogP contribution in [0.1, 0.15) is 16.3 Å². The molecular weight excluding hydrogens is 397 g/mol. The van der Waals surface area contributed by atoms with Crippen molar-refractivity contribution in [1.82, 2.24) is 20.5 Å². The Kier molecular flexibility index (Phi) is 5.75. The fourth-order valence-electron chi connectivity index (χ4n) is 2.46. The van der Waals surface area contributed by atoms with E-state index in [1.807, 2.05) is 23.6 Å². The zero-order valence-corrected chi connectivity index (χ0v) is 15.4. The van der Waals surface area contributed by atoms with Crippen LogP contribution in [0.15, 0.2) is 28.8 Å². The maximum absolute atomic E-state index is 10.6. The third kappa shape index (κ3) is 4.73. The Balaban J connectivity index is 0.000000279. The van der Waals surface area contributed by atoms with E-state index in [-0.39, 0.29) is 0 Å². The lowest BCUT2D eigenvalue weighted by molar-refractivity contribution is -0.192. The van der Waals surface area contributed by atoms with Gasteiger partial charge >= 0.3 is 12.1 Å². The van der Waals surface area contributed by atoms with Crippen molar-refractivity contribution in [2.45, 2.75) is 26.1 Å². The molecule has 0 unspecified atom stereocenters. The summed E-state index contributed by atoms with van der Waals surface area (Å²) in [6.07, 6.45) is -2.09. The molecule has 0 atom stereocenters. The number of carbonyl (C=O) groups is 1. The van der Waals surface area contributed by atoms with Crippen molar-refractivity contribution < 1.29 is 27.5 Å². The summed E-state index contributed by atoms with van der Waals surface area (Å²) >= 11 is 1.86. The van der Waals surface area contributed by atoms with E-state index in [2.05, 4.69) is 32.6 Å². The van der Waals surface area contributed by atoms with Gasteiger partial charge in [0.1, 0.15) is 5.69 Å². The molecule has 0 amide bonds. The van der Waals surface area contributed by atoms with E-state index in [1.54, 1.807) is 6.92 Å². The molecule has 0 saturated carbocycles. The number of aliphatic carboxylic acids is 1. The molecule has 1 aliphatic rings. The van der Waals surface area contributed by atoms with E-state index in [1.165, 1.54) is 15.3 Å². The van der Waals surface area contributed by atoms with Crippen molar-refractivity contribution in [2.75, 3.05) is 6.54 Å². The van der Waals surface area contributed by atoms with Gasteiger partial charge in [-0.05, 0) is 30.2 Å². The predicted molar refractivity (Wildman–Crippen MR) is 94.7 cm³/mol. The van der Waals surface area contributed by atoms with Crippen LogP contribution in [0.5, 0.6) is 0 Å². The molecule has 0 spiro atoms. The number of carboxylic acids is 1. The molecule has 4 rings (SSSR count). The highest BCUT2D eigenvalue weighted by atomic mass is 32.1. The number of hydrogen-bond donors (Lipinski definition) is 2. The minimum atomic E-state index is -5.08. The Bertz CT molecular complexity index is 943. The average molecular weight is 412 g/mol. The number of fused-ring (bicyclic) bond motifs is 1. The summed E-state index contributed by atoms with van der Waals surface area (Å²) < 4.78 is 37.1. The van der Waals surface area contributed by atoms with Gasteiger partial charge in [-0.3, -0.25) is 4.98 Å². The minimum Gasteiger partial charge on any atom is -0.475 e. The molecule has 0 radical (unpaired) electrons. The van der Waals surface area contributed by atoms with Crippen LogP contribution in [0.2, 0.25) is 0 Å². The lowest BCUT2D eigenvalue weighted by Gasteiger charge is -2.10. The molecule has 3 aromatic rings. The fourth-order valence-corrected chi connectivity index (χ4v) is 3.63. The Morgan fingerprint density at radius 1 is 1.32 bits per heavy atom. The smallest absolute Gasteiger partial charge is 0.475 e. The summed E-state index contributed by atoms with van der Waals surface area (Å²) in [5.41, 5.74) is 3.26. The summed E-state index contributed by atoms with van der Waals surface area (Å²) in [4.78, 5) is 16.1. The van der Waals surface area contributed by atoms with Gasteiger partial charge in [-0.1, -0.05) is 0 Å². The predicted octanol–water partition coefficient (Wildman–Crippen LogP) is 3.45. The lowest BCUT2D eigenvalue weighted by atomic mass is 10.1. The molecule has 28 heavy (non-hydrogen) atoms. The number of carboxylic acid groups (broad SMARTS) is 1. The standard InChI is InChI=1S/C15H14N4OS.C2HF3O2/c1-9-18-19-15(20-9)12-3-2-10(8-17-12)14-6-11-7-16-5-4-13(11)21-14;3-2(4,5)1(6)7/h2-3,6,8,16H,4-5,7H2,1H3;(H,6,7). The van der Waals surface area contributed by atoms with Crippen molar-refractivity contribution in [3.05, 3.63) is 40.7 Å². The first-order valence-corrected chi connectivity index (χ1v) is 8.95. The number of nitrogens with zero attached hydrogens (tertiary/aromatic N) is 3. The molecule has 11 heteroatoms. The summed E-state index contributed by atoms with van der Waals surface area (Å²) in [5.74, 6) is -1.74. The number of rotatable bonds is 2. The van der Waals surface area contributed by atoms with E-state index in [4.69, 9.17) is 14.3 Å². The second kappa shape index (κ2) is 8.07. The molecular formula is C17H15F3N4O3S. The third-order valence-electron chi connectivity index (χ3n) is 3.78. The number of pyridine rings is 1. The van der Waals surface area contributed by atoms with Crippen LogP contribution in [-0.4, -0.2) is 39.0 Å². The summed E-state index contributed by atoms with van der Waals surface area (Å²) in [6, 6.07) is 6.26. The van der Waals surface area contributed by atoms with E-state index < -0.39 is 12.1 Å². The summed E-state index contributed by atoms with van der Waals surface area (Å²) in [5, 5.41) is 18.3. The van der Waals surface area contributed by atoms with Crippen LogP contribution in [0.4, 0.5) is 13.2 Å². The van der Waals surface area contributed by atoms with Gasteiger partial charge in [0.15, 0.2) is 0 Å². The quantitative estimate of drug-likeness (QED) is 0.665. The summed E-state index contributed by atoms with van der Waals surface area (Å²) in [6.45, 7) is 3.81. The van der Waals surface area contributed by atoms with Gasteiger partial charge in [0.05, 0.1) is 0 Å². The molecule has 0 aliphatic carbocycles. The molecule has 2 N–H and O–H groups in total. The average Bonchev–Trinajstić information content (AvgIpc) is 3.27. The molecule has 0 bridgehead atoms. The van der Waals surface area contributed by atoms with Crippen LogP contribution < -0.4 is 5.32 Å². The second-order valence-corrected chi connectivity index (χ2v) is 6.98. The van der Waals surface area contributed by atoms with Crippen molar-refractivity contribution in [1.29, 1.82) is 0 Å². The first-order valence-electron chi connectivity index (χ1n) is 8.13. The largest absolute Gasteiger partial charge is 0.490 e. The van der Waals surface area contributed by atoms with Gasteiger partial charge in [-0.25, -0.2) is 4.79 Å². The Labute approximate surface area is 161 Å². The highest BCUT2D eigenvalue weighted by Gasteiger charge is 2.38. The van der Waals surface area contributed by atoms with Crippen molar-refractivity contribution in [3.8, 4) is 22.0 Å². The van der Waals surface area contributed by atoms with Gasteiger partial charge < -0.3 is 14.8 Å². The maximum atomic E-state index is 10.6. The number of nitrogens with one attached hydrogen (secondary N) is 1. The minimum absolute atomic E-state index is 0.466. The van der Waals surface area contributed by atoms with Crippen LogP contribution in [0.3, 0.4) is 0 Å². The Morgan fingerprint density at radius 3 is 2.61 bits per heavy atom. The number of aryl methyl sites for hydroxylation is 1. The molecule has 4 heterocycles. The number of thiophene rings is 1. The molecule has 148 valence electrons. The van der Waals surface area contributed by atoms with Crippen LogP contribution in [0, 0.1) is 6.92 Å². The first-order chi connectivity index (χ1) is 13.2. The molecule has 7 nitrogen and oxygen atoms in total. The maximum Gasteiger partial charge on any atom is 0.490 e.